The average Bonchev–Trinajstić information content (AvgIpc) is 3.75. The summed E-state index contributed by atoms with van der Waals surface area (Å²) in [6.07, 6.45) is 1.70. The van der Waals surface area contributed by atoms with Crippen LogP contribution in [0, 0.1) is 0 Å². The number of nitrogens with zero attached hydrogens (tertiary/aromatic N) is 6. The van der Waals surface area contributed by atoms with Crippen molar-refractivity contribution >= 4 is 51.2 Å². The van der Waals surface area contributed by atoms with E-state index in [4.69, 9.17) is 9.72 Å². The number of anilines is 2. The Morgan fingerprint density at radius 2 is 1.72 bits per heavy atom. The Morgan fingerprint density at radius 3 is 2.42 bits per heavy atom. The van der Waals surface area contributed by atoms with Gasteiger partial charge in [-0.2, -0.15) is 0 Å². The number of nitrogens with one attached hydrogen (secondary N) is 2. The summed E-state index contributed by atoms with van der Waals surface area (Å²) in [4.78, 5) is 46.4. The molecule has 5 aromatic rings. The zero-order chi connectivity index (χ0) is 29.9. The number of carbonyl (C=O) groups is 3. The number of hydrogen-bond donors (Lipinski definition) is 2. The van der Waals surface area contributed by atoms with Crippen molar-refractivity contribution in [1.82, 2.24) is 29.9 Å². The average molecular weight is 581 g/mol. The molecule has 220 valence electrons. The molecule has 1 aliphatic heterocycles. The molecule has 1 saturated heterocycles. The zero-order valence-electron chi connectivity index (χ0n) is 23.9. The second kappa shape index (κ2) is 12.0. The van der Waals surface area contributed by atoms with E-state index in [-0.39, 0.29) is 18.6 Å². The van der Waals surface area contributed by atoms with Crippen LogP contribution in [0.4, 0.5) is 11.4 Å². The molecule has 0 aliphatic carbocycles. The quantitative estimate of drug-likeness (QED) is 0.273. The number of ether oxygens (including phenoxy) is 1. The summed E-state index contributed by atoms with van der Waals surface area (Å²) in [7, 11) is 1.83. The largest absolute Gasteiger partial charge is 0.376 e. The molecule has 3 aromatic carbocycles. The molecule has 43 heavy (non-hydrogen) atoms. The first-order chi connectivity index (χ1) is 20.9. The molecule has 0 saturated carbocycles. The number of rotatable bonds is 9. The number of benzene rings is 3. The van der Waals surface area contributed by atoms with Gasteiger partial charge in [-0.1, -0.05) is 29.5 Å². The summed E-state index contributed by atoms with van der Waals surface area (Å²) in [6, 6.07) is 20.6. The Hall–Kier alpha value is -5.10. The Bertz CT molecular complexity index is 1790. The summed E-state index contributed by atoms with van der Waals surface area (Å²) in [5, 5.41) is 14.2. The summed E-state index contributed by atoms with van der Waals surface area (Å²) in [6.45, 7) is 2.22. The van der Waals surface area contributed by atoms with Crippen LogP contribution < -0.4 is 15.5 Å². The van der Waals surface area contributed by atoms with E-state index < -0.39 is 17.9 Å². The predicted molar refractivity (Wildman–Crippen MR) is 161 cm³/mol. The fraction of sp³-hybridized carbons (Fsp3) is 0.290. The minimum absolute atomic E-state index is 0.0901. The first-order valence-corrected chi connectivity index (χ1v) is 14.2. The van der Waals surface area contributed by atoms with E-state index in [0.717, 1.165) is 18.4 Å². The van der Waals surface area contributed by atoms with Crippen LogP contribution in [0.25, 0.3) is 22.1 Å². The molecule has 0 bridgehead atoms. The number of hydrogen-bond acceptors (Lipinski definition) is 7. The molecule has 3 amide bonds. The van der Waals surface area contributed by atoms with Crippen LogP contribution in [0.5, 0.6) is 0 Å². The summed E-state index contributed by atoms with van der Waals surface area (Å²) in [5.74, 6) is -0.609. The molecular formula is C31H32N8O4. The van der Waals surface area contributed by atoms with Crippen molar-refractivity contribution in [3.05, 3.63) is 78.6 Å². The molecule has 2 aromatic heterocycles. The summed E-state index contributed by atoms with van der Waals surface area (Å²) >= 11 is 0. The monoisotopic (exact) mass is 580 g/mol. The molecular weight excluding hydrogens is 548 g/mol. The van der Waals surface area contributed by atoms with E-state index in [1.165, 1.54) is 16.5 Å². The highest BCUT2D eigenvalue weighted by Crippen LogP contribution is 2.31. The first kappa shape index (κ1) is 28.0. The van der Waals surface area contributed by atoms with Gasteiger partial charge in [0.1, 0.15) is 17.9 Å². The van der Waals surface area contributed by atoms with Crippen molar-refractivity contribution in [1.29, 1.82) is 0 Å². The lowest BCUT2D eigenvalue weighted by Gasteiger charge is -2.31. The number of fused-ring (bicyclic) bond motifs is 2. The fourth-order valence-electron chi connectivity index (χ4n) is 5.46. The smallest absolute Gasteiger partial charge is 0.251 e. The van der Waals surface area contributed by atoms with Crippen LogP contribution in [-0.4, -0.2) is 61.5 Å². The third-order valence-corrected chi connectivity index (χ3v) is 7.54. The van der Waals surface area contributed by atoms with Gasteiger partial charge in [-0.05, 0) is 61.4 Å². The number of aryl methyl sites for hydroxylation is 1. The van der Waals surface area contributed by atoms with Crippen molar-refractivity contribution in [2.24, 2.45) is 7.05 Å². The first-order valence-electron chi connectivity index (χ1n) is 14.2. The molecule has 0 spiro atoms. The van der Waals surface area contributed by atoms with Gasteiger partial charge in [0.25, 0.3) is 5.91 Å². The van der Waals surface area contributed by atoms with E-state index in [0.29, 0.717) is 46.9 Å². The van der Waals surface area contributed by atoms with E-state index >= 15 is 0 Å². The fourth-order valence-corrected chi connectivity index (χ4v) is 5.46. The van der Waals surface area contributed by atoms with Gasteiger partial charge < -0.3 is 19.9 Å². The predicted octanol–water partition coefficient (Wildman–Crippen LogP) is 3.35. The third kappa shape index (κ3) is 5.82. The van der Waals surface area contributed by atoms with Crippen LogP contribution in [0.2, 0.25) is 0 Å². The van der Waals surface area contributed by atoms with E-state index in [1.54, 1.807) is 24.3 Å². The molecule has 6 rings (SSSR count). The number of aromatic nitrogens is 5. The van der Waals surface area contributed by atoms with Crippen molar-refractivity contribution in [2.45, 2.75) is 38.5 Å². The van der Waals surface area contributed by atoms with Gasteiger partial charge in [0.15, 0.2) is 6.04 Å². The maximum Gasteiger partial charge on any atom is 0.251 e. The lowest BCUT2D eigenvalue weighted by molar-refractivity contribution is -0.127. The topological polar surface area (TPSA) is 136 Å². The standard InChI is InChI=1S/C31H32N8O4/c1-20(40)33-21-13-15-22(16-14-21)39(28(41)19-38-27-12-6-4-10-25(27)35-36-38)29(31(42)32-18-23-8-7-17-43-23)30-34-24-9-3-5-11-26(24)37(30)2/h3-6,9-16,23,29H,7-8,17-19H2,1-2H3,(H,32,42)(H,33,40)/t23-,29+/m0/s1. The Balaban J connectivity index is 1.44. The maximum atomic E-state index is 14.3. The second-order valence-corrected chi connectivity index (χ2v) is 10.5. The highest BCUT2D eigenvalue weighted by molar-refractivity contribution is 6.02. The van der Waals surface area contributed by atoms with Gasteiger partial charge in [-0.3, -0.25) is 19.3 Å². The number of para-hydroxylation sites is 3. The van der Waals surface area contributed by atoms with Gasteiger partial charge in [-0.25, -0.2) is 9.67 Å². The Labute approximate surface area is 247 Å². The zero-order valence-corrected chi connectivity index (χ0v) is 23.9. The lowest BCUT2D eigenvalue weighted by atomic mass is 10.1. The van der Waals surface area contributed by atoms with E-state index in [1.807, 2.05) is 60.1 Å². The highest BCUT2D eigenvalue weighted by atomic mass is 16.5. The van der Waals surface area contributed by atoms with Gasteiger partial charge in [0.2, 0.25) is 11.8 Å². The van der Waals surface area contributed by atoms with Crippen LogP contribution in [0.3, 0.4) is 0 Å². The van der Waals surface area contributed by atoms with Gasteiger partial charge in [-0.15, -0.1) is 5.10 Å². The van der Waals surface area contributed by atoms with Crippen LogP contribution in [0.15, 0.2) is 72.8 Å². The molecule has 3 heterocycles. The van der Waals surface area contributed by atoms with Gasteiger partial charge in [0.05, 0.1) is 22.7 Å². The SMILES string of the molecule is CC(=O)Nc1ccc(N(C(=O)Cn2nnc3ccccc32)[C@@H](C(=O)NC[C@@H]2CCCO2)c2nc3ccccc3n2C)cc1. The minimum Gasteiger partial charge on any atom is -0.376 e. The van der Waals surface area contributed by atoms with Gasteiger partial charge >= 0.3 is 0 Å². The summed E-state index contributed by atoms with van der Waals surface area (Å²) < 4.78 is 9.10. The van der Waals surface area contributed by atoms with Crippen LogP contribution in [-0.2, 0) is 32.7 Å². The summed E-state index contributed by atoms with van der Waals surface area (Å²) in [5.41, 5.74) is 3.89. The third-order valence-electron chi connectivity index (χ3n) is 7.54. The normalized spacial score (nSPS) is 15.4. The highest BCUT2D eigenvalue weighted by Gasteiger charge is 2.37. The number of carbonyl (C=O) groups excluding carboxylic acids is 3. The number of amides is 3. The lowest BCUT2D eigenvalue weighted by Crippen LogP contribution is -2.47. The van der Waals surface area contributed by atoms with Crippen molar-refractivity contribution in [2.75, 3.05) is 23.4 Å². The molecule has 12 nitrogen and oxygen atoms in total. The molecule has 12 heteroatoms. The van der Waals surface area contributed by atoms with Crippen molar-refractivity contribution in [3.63, 3.8) is 0 Å². The van der Waals surface area contributed by atoms with E-state index in [2.05, 4.69) is 20.9 Å². The molecule has 2 N–H and O–H groups in total. The minimum atomic E-state index is -1.13. The van der Waals surface area contributed by atoms with Crippen molar-refractivity contribution in [3.8, 4) is 0 Å². The van der Waals surface area contributed by atoms with Crippen LogP contribution >= 0.6 is 0 Å². The van der Waals surface area contributed by atoms with Crippen LogP contribution in [0.1, 0.15) is 31.6 Å². The molecule has 1 fully saturated rings. The Morgan fingerprint density at radius 1 is 1.00 bits per heavy atom. The molecule has 0 unspecified atom stereocenters. The Kier molecular flexibility index (Phi) is 7.84. The maximum absolute atomic E-state index is 14.3. The molecule has 1 aliphatic rings. The van der Waals surface area contributed by atoms with E-state index in [9.17, 15) is 14.4 Å². The number of imidazole rings is 1. The van der Waals surface area contributed by atoms with Gasteiger partial charge in [0, 0.05) is 38.5 Å². The molecule has 2 atom stereocenters. The second-order valence-electron chi connectivity index (χ2n) is 10.5. The molecule has 0 radical (unpaired) electrons. The van der Waals surface area contributed by atoms with Crippen molar-refractivity contribution < 1.29 is 19.1 Å².